The molecule has 96 valence electrons. The number of nitrogens with two attached hydrogens (primary N) is 1. The summed E-state index contributed by atoms with van der Waals surface area (Å²) in [5.74, 6) is 0.0926. The first-order chi connectivity index (χ1) is 8.54. The Hall–Kier alpha value is -1.76. The van der Waals surface area contributed by atoms with E-state index in [1.165, 1.54) is 0 Å². The molecule has 0 saturated carbocycles. The highest BCUT2D eigenvalue weighted by atomic mass is 79.9. The summed E-state index contributed by atoms with van der Waals surface area (Å²) in [6.45, 7) is 2.53. The molecule has 0 saturated heterocycles. The van der Waals surface area contributed by atoms with Crippen LogP contribution in [-0.4, -0.2) is 25.4 Å². The van der Waals surface area contributed by atoms with Crippen molar-refractivity contribution in [2.24, 2.45) is 17.9 Å². The van der Waals surface area contributed by atoms with Gasteiger partial charge in [0.15, 0.2) is 5.84 Å². The standard InChI is InChI=1S/C11H14BrN5O/c1-7-10(12)9(16(2)14-7)6-17-5-3-4-8(17)11(13)15-18/h3-5,18H,6H2,1-2H3,(H2,13,15). The predicted molar refractivity (Wildman–Crippen MR) is 71.7 cm³/mol. The molecule has 0 radical (unpaired) electrons. The number of aromatic nitrogens is 3. The number of hydrogen-bond donors (Lipinski definition) is 2. The minimum atomic E-state index is 0.0926. The van der Waals surface area contributed by atoms with Gasteiger partial charge in [-0.3, -0.25) is 4.68 Å². The van der Waals surface area contributed by atoms with Crippen LogP contribution in [-0.2, 0) is 13.6 Å². The Kier molecular flexibility index (Phi) is 3.42. The van der Waals surface area contributed by atoms with Crippen molar-refractivity contribution in [2.75, 3.05) is 0 Å². The van der Waals surface area contributed by atoms with Crippen molar-refractivity contribution in [1.82, 2.24) is 14.3 Å². The van der Waals surface area contributed by atoms with Gasteiger partial charge in [-0.05, 0) is 35.0 Å². The van der Waals surface area contributed by atoms with Crippen molar-refractivity contribution in [3.63, 3.8) is 0 Å². The number of oxime groups is 1. The lowest BCUT2D eigenvalue weighted by atomic mass is 10.3. The average Bonchev–Trinajstić information content (AvgIpc) is 2.89. The molecule has 6 nitrogen and oxygen atoms in total. The zero-order valence-electron chi connectivity index (χ0n) is 10.1. The van der Waals surface area contributed by atoms with Crippen LogP contribution in [0, 0.1) is 6.92 Å². The lowest BCUT2D eigenvalue weighted by Crippen LogP contribution is -2.19. The number of nitrogens with zero attached hydrogens (tertiary/aromatic N) is 4. The molecule has 2 rings (SSSR count). The third-order valence-corrected chi connectivity index (χ3v) is 3.81. The average molecular weight is 312 g/mol. The summed E-state index contributed by atoms with van der Waals surface area (Å²) in [7, 11) is 1.89. The molecule has 18 heavy (non-hydrogen) atoms. The lowest BCUT2D eigenvalue weighted by molar-refractivity contribution is 0.318. The molecular formula is C11H14BrN5O. The van der Waals surface area contributed by atoms with E-state index in [9.17, 15) is 0 Å². The fourth-order valence-electron chi connectivity index (χ4n) is 1.85. The first kappa shape index (κ1) is 12.7. The van der Waals surface area contributed by atoms with Crippen LogP contribution in [0.15, 0.2) is 28.0 Å². The van der Waals surface area contributed by atoms with Gasteiger partial charge in [-0.2, -0.15) is 5.10 Å². The van der Waals surface area contributed by atoms with E-state index in [1.807, 2.05) is 35.5 Å². The summed E-state index contributed by atoms with van der Waals surface area (Å²) in [4.78, 5) is 0. The van der Waals surface area contributed by atoms with Gasteiger partial charge in [0.25, 0.3) is 0 Å². The third kappa shape index (κ3) is 2.13. The first-order valence-corrected chi connectivity index (χ1v) is 6.15. The van der Waals surface area contributed by atoms with Gasteiger partial charge in [0.05, 0.1) is 28.1 Å². The van der Waals surface area contributed by atoms with Gasteiger partial charge < -0.3 is 15.5 Å². The van der Waals surface area contributed by atoms with Gasteiger partial charge in [0.1, 0.15) is 0 Å². The quantitative estimate of drug-likeness (QED) is 0.389. The molecule has 0 unspecified atom stereocenters. The van der Waals surface area contributed by atoms with E-state index in [0.717, 1.165) is 15.9 Å². The number of amidine groups is 1. The van der Waals surface area contributed by atoms with Gasteiger partial charge in [0.2, 0.25) is 0 Å². The highest BCUT2D eigenvalue weighted by molar-refractivity contribution is 9.10. The van der Waals surface area contributed by atoms with Crippen LogP contribution >= 0.6 is 15.9 Å². The zero-order chi connectivity index (χ0) is 13.3. The summed E-state index contributed by atoms with van der Waals surface area (Å²) >= 11 is 3.52. The smallest absolute Gasteiger partial charge is 0.186 e. The second-order valence-corrected chi connectivity index (χ2v) is 4.77. The molecule has 0 aliphatic rings. The van der Waals surface area contributed by atoms with Crippen molar-refractivity contribution in [3.05, 3.63) is 39.9 Å². The van der Waals surface area contributed by atoms with E-state index >= 15 is 0 Å². The Morgan fingerprint density at radius 2 is 2.33 bits per heavy atom. The third-order valence-electron chi connectivity index (χ3n) is 2.78. The highest BCUT2D eigenvalue weighted by Gasteiger charge is 2.13. The van der Waals surface area contributed by atoms with Crippen LogP contribution in [0.2, 0.25) is 0 Å². The van der Waals surface area contributed by atoms with Crippen LogP contribution in [0.25, 0.3) is 0 Å². The van der Waals surface area contributed by atoms with Crippen LogP contribution in [0.4, 0.5) is 0 Å². The molecule has 0 aliphatic heterocycles. The maximum atomic E-state index is 8.73. The van der Waals surface area contributed by atoms with Crippen molar-refractivity contribution in [2.45, 2.75) is 13.5 Å². The lowest BCUT2D eigenvalue weighted by Gasteiger charge is -2.09. The molecule has 0 bridgehead atoms. The fourth-order valence-corrected chi connectivity index (χ4v) is 2.31. The highest BCUT2D eigenvalue weighted by Crippen LogP contribution is 2.21. The van der Waals surface area contributed by atoms with E-state index in [0.29, 0.717) is 12.2 Å². The zero-order valence-corrected chi connectivity index (χ0v) is 11.7. The van der Waals surface area contributed by atoms with Gasteiger partial charge in [-0.15, -0.1) is 0 Å². The van der Waals surface area contributed by atoms with Crippen LogP contribution in [0.3, 0.4) is 0 Å². The first-order valence-electron chi connectivity index (χ1n) is 5.35. The molecule has 2 heterocycles. The molecular weight excluding hydrogens is 298 g/mol. The maximum absolute atomic E-state index is 8.73. The van der Waals surface area contributed by atoms with Crippen molar-refractivity contribution < 1.29 is 5.21 Å². The molecule has 3 N–H and O–H groups in total. The predicted octanol–water partition coefficient (Wildman–Crippen LogP) is 1.44. The minimum absolute atomic E-state index is 0.0926. The summed E-state index contributed by atoms with van der Waals surface area (Å²) in [5.41, 5.74) is 8.25. The Labute approximate surface area is 113 Å². The SMILES string of the molecule is Cc1nn(C)c(Cn2cccc2/C(N)=N/O)c1Br. The Morgan fingerprint density at radius 3 is 2.89 bits per heavy atom. The van der Waals surface area contributed by atoms with Gasteiger partial charge in [-0.25, -0.2) is 0 Å². The number of rotatable bonds is 3. The van der Waals surface area contributed by atoms with Gasteiger partial charge >= 0.3 is 0 Å². The van der Waals surface area contributed by atoms with Gasteiger partial charge in [0, 0.05) is 13.2 Å². The molecule has 0 atom stereocenters. The van der Waals surface area contributed by atoms with Crippen LogP contribution in [0.1, 0.15) is 17.1 Å². The number of hydrogen-bond acceptors (Lipinski definition) is 3. The molecule has 0 aromatic carbocycles. The molecule has 0 fully saturated rings. The topological polar surface area (TPSA) is 81.4 Å². The largest absolute Gasteiger partial charge is 0.409 e. The molecule has 0 amide bonds. The van der Waals surface area contributed by atoms with Gasteiger partial charge in [-0.1, -0.05) is 5.16 Å². The van der Waals surface area contributed by atoms with E-state index < -0.39 is 0 Å². The normalized spacial score (nSPS) is 12.1. The summed E-state index contributed by atoms with van der Waals surface area (Å²) < 4.78 is 4.69. The van der Waals surface area contributed by atoms with E-state index in [1.54, 1.807) is 6.07 Å². The molecule has 7 heteroatoms. The molecule has 2 aromatic rings. The number of halogens is 1. The van der Waals surface area contributed by atoms with E-state index in [-0.39, 0.29) is 5.84 Å². The second kappa shape index (κ2) is 4.85. The molecule has 2 aromatic heterocycles. The Morgan fingerprint density at radius 1 is 1.61 bits per heavy atom. The molecule has 0 aliphatic carbocycles. The summed E-state index contributed by atoms with van der Waals surface area (Å²) in [5, 5.41) is 16.1. The van der Waals surface area contributed by atoms with E-state index in [2.05, 4.69) is 26.2 Å². The number of aryl methyl sites for hydroxylation is 2. The summed E-state index contributed by atoms with van der Waals surface area (Å²) in [6.07, 6.45) is 1.88. The monoisotopic (exact) mass is 311 g/mol. The fraction of sp³-hybridized carbons (Fsp3) is 0.273. The van der Waals surface area contributed by atoms with Crippen molar-refractivity contribution in [3.8, 4) is 0 Å². The minimum Gasteiger partial charge on any atom is -0.409 e. The van der Waals surface area contributed by atoms with Crippen LogP contribution < -0.4 is 5.73 Å². The summed E-state index contributed by atoms with van der Waals surface area (Å²) in [6, 6.07) is 3.65. The van der Waals surface area contributed by atoms with E-state index in [4.69, 9.17) is 10.9 Å². The second-order valence-electron chi connectivity index (χ2n) is 3.98. The Bertz CT molecular complexity index is 599. The van der Waals surface area contributed by atoms with Crippen molar-refractivity contribution in [1.29, 1.82) is 0 Å². The molecule has 0 spiro atoms. The van der Waals surface area contributed by atoms with Crippen LogP contribution in [0.5, 0.6) is 0 Å². The van der Waals surface area contributed by atoms with Crippen molar-refractivity contribution >= 4 is 21.8 Å². The Balaban J connectivity index is 2.38. The maximum Gasteiger partial charge on any atom is 0.186 e.